The van der Waals surface area contributed by atoms with Gasteiger partial charge in [-0.15, -0.1) is 0 Å². The minimum atomic E-state index is -0.373. The van der Waals surface area contributed by atoms with E-state index in [9.17, 15) is 9.59 Å². The number of benzene rings is 2. The van der Waals surface area contributed by atoms with E-state index in [0.717, 1.165) is 5.56 Å². The van der Waals surface area contributed by atoms with Gasteiger partial charge in [-0.2, -0.15) is 5.10 Å². The minimum absolute atomic E-state index is 0.134. The summed E-state index contributed by atoms with van der Waals surface area (Å²) >= 11 is 0. The second-order valence-corrected chi connectivity index (χ2v) is 5.06. The molecule has 0 aliphatic carbocycles. The van der Waals surface area contributed by atoms with Crippen molar-refractivity contribution in [3.05, 3.63) is 54.1 Å². The molecule has 0 saturated carbocycles. The summed E-state index contributed by atoms with van der Waals surface area (Å²) in [6, 6.07) is 14.0. The van der Waals surface area contributed by atoms with Gasteiger partial charge in [0.05, 0.1) is 13.3 Å². The van der Waals surface area contributed by atoms with Gasteiger partial charge in [0.2, 0.25) is 5.91 Å². The van der Waals surface area contributed by atoms with Crippen LogP contribution in [0.3, 0.4) is 0 Å². The molecule has 0 aromatic heterocycles. The highest BCUT2D eigenvalue weighted by atomic mass is 16.5. The Labute approximate surface area is 145 Å². The van der Waals surface area contributed by atoms with Crippen LogP contribution in [0.1, 0.15) is 12.5 Å². The van der Waals surface area contributed by atoms with E-state index in [0.29, 0.717) is 17.2 Å². The number of carbonyl (C=O) groups excluding carboxylic acids is 2. The van der Waals surface area contributed by atoms with E-state index >= 15 is 0 Å². The van der Waals surface area contributed by atoms with E-state index in [1.807, 2.05) is 0 Å². The van der Waals surface area contributed by atoms with E-state index in [1.54, 1.807) is 55.6 Å². The van der Waals surface area contributed by atoms with Gasteiger partial charge in [-0.3, -0.25) is 9.59 Å². The Hall–Kier alpha value is -3.35. The van der Waals surface area contributed by atoms with Gasteiger partial charge in [0.15, 0.2) is 6.61 Å². The Morgan fingerprint density at radius 3 is 2.28 bits per heavy atom. The molecule has 0 bridgehead atoms. The number of hydrazone groups is 1. The number of carbonyl (C=O) groups is 2. The zero-order chi connectivity index (χ0) is 18.1. The molecule has 7 heteroatoms. The van der Waals surface area contributed by atoms with Gasteiger partial charge < -0.3 is 14.8 Å². The molecule has 2 N–H and O–H groups in total. The normalized spacial score (nSPS) is 10.3. The molecule has 130 valence electrons. The summed E-state index contributed by atoms with van der Waals surface area (Å²) < 4.78 is 10.4. The van der Waals surface area contributed by atoms with Crippen molar-refractivity contribution in [1.82, 2.24) is 5.43 Å². The standard InChI is InChI=1S/C18H19N3O4/c1-13(22)20-15-5-3-14(4-6-15)11-19-21-18(23)12-25-17-9-7-16(24-2)8-10-17/h3-11H,12H2,1-2H3,(H,20,22)(H,21,23)/b19-11-. The third-order valence-electron chi connectivity index (χ3n) is 3.06. The molecule has 7 nitrogen and oxygen atoms in total. The fourth-order valence-electron chi connectivity index (χ4n) is 1.89. The Morgan fingerprint density at radius 1 is 1.04 bits per heavy atom. The SMILES string of the molecule is COc1ccc(OCC(=O)N/N=C\c2ccc(NC(C)=O)cc2)cc1. The molecule has 2 aromatic rings. The van der Waals surface area contributed by atoms with E-state index in [1.165, 1.54) is 13.1 Å². The lowest BCUT2D eigenvalue weighted by Gasteiger charge is -2.06. The maximum absolute atomic E-state index is 11.7. The summed E-state index contributed by atoms with van der Waals surface area (Å²) in [7, 11) is 1.58. The summed E-state index contributed by atoms with van der Waals surface area (Å²) in [5, 5.41) is 6.53. The van der Waals surface area contributed by atoms with Crippen LogP contribution in [0.25, 0.3) is 0 Å². The molecule has 2 amide bonds. The molecule has 0 fully saturated rings. The molecule has 0 aliphatic heterocycles. The Balaban J connectivity index is 1.76. The van der Waals surface area contributed by atoms with Crippen molar-refractivity contribution in [1.29, 1.82) is 0 Å². The predicted octanol–water partition coefficient (Wildman–Crippen LogP) is 2.18. The molecular weight excluding hydrogens is 322 g/mol. The quantitative estimate of drug-likeness (QED) is 0.597. The molecule has 0 aliphatic rings. The second-order valence-electron chi connectivity index (χ2n) is 5.06. The van der Waals surface area contributed by atoms with Crippen molar-refractivity contribution in [2.24, 2.45) is 5.10 Å². The number of ether oxygens (including phenoxy) is 2. The lowest BCUT2D eigenvalue weighted by Crippen LogP contribution is -2.24. The van der Waals surface area contributed by atoms with Crippen LogP contribution in [0, 0.1) is 0 Å². The summed E-state index contributed by atoms with van der Waals surface area (Å²) in [5.41, 5.74) is 3.86. The number of hydrogen-bond acceptors (Lipinski definition) is 5. The van der Waals surface area contributed by atoms with Crippen LogP contribution in [0.15, 0.2) is 53.6 Å². The topological polar surface area (TPSA) is 89.0 Å². The van der Waals surface area contributed by atoms with Crippen LogP contribution in [0.5, 0.6) is 11.5 Å². The van der Waals surface area contributed by atoms with Gasteiger partial charge in [-0.25, -0.2) is 5.43 Å². The second kappa shape index (κ2) is 9.07. The van der Waals surface area contributed by atoms with Gasteiger partial charge in [0.1, 0.15) is 11.5 Å². The third-order valence-corrected chi connectivity index (χ3v) is 3.06. The number of methoxy groups -OCH3 is 1. The van der Waals surface area contributed by atoms with Gasteiger partial charge in [0.25, 0.3) is 5.91 Å². The highest BCUT2D eigenvalue weighted by Gasteiger charge is 2.02. The number of amides is 2. The molecular formula is C18H19N3O4. The Bertz CT molecular complexity index is 740. The maximum atomic E-state index is 11.7. The zero-order valence-electron chi connectivity index (χ0n) is 14.0. The first-order chi connectivity index (χ1) is 12.1. The number of rotatable bonds is 7. The van der Waals surface area contributed by atoms with Gasteiger partial charge >= 0.3 is 0 Å². The monoisotopic (exact) mass is 341 g/mol. The van der Waals surface area contributed by atoms with Crippen LogP contribution < -0.4 is 20.2 Å². The van der Waals surface area contributed by atoms with Crippen molar-refractivity contribution in [2.45, 2.75) is 6.92 Å². The Kier molecular flexibility index (Phi) is 6.53. The minimum Gasteiger partial charge on any atom is -0.497 e. The third kappa shape index (κ3) is 6.34. The lowest BCUT2D eigenvalue weighted by molar-refractivity contribution is -0.123. The van der Waals surface area contributed by atoms with Crippen molar-refractivity contribution >= 4 is 23.7 Å². The van der Waals surface area contributed by atoms with E-state index in [4.69, 9.17) is 9.47 Å². The summed E-state index contributed by atoms with van der Waals surface area (Å²) in [4.78, 5) is 22.6. The van der Waals surface area contributed by atoms with Gasteiger partial charge in [-0.1, -0.05) is 12.1 Å². The summed E-state index contributed by atoms with van der Waals surface area (Å²) in [5.74, 6) is 0.770. The summed E-state index contributed by atoms with van der Waals surface area (Å²) in [6.45, 7) is 1.30. The molecule has 0 spiro atoms. The van der Waals surface area contributed by atoms with Crippen molar-refractivity contribution in [2.75, 3.05) is 19.0 Å². The molecule has 25 heavy (non-hydrogen) atoms. The van der Waals surface area contributed by atoms with E-state index < -0.39 is 0 Å². The highest BCUT2D eigenvalue weighted by Crippen LogP contribution is 2.16. The smallest absolute Gasteiger partial charge is 0.277 e. The number of hydrogen-bond donors (Lipinski definition) is 2. The fraction of sp³-hybridized carbons (Fsp3) is 0.167. The highest BCUT2D eigenvalue weighted by molar-refractivity contribution is 5.89. The molecule has 2 aromatic carbocycles. The van der Waals surface area contributed by atoms with Crippen LogP contribution in [-0.4, -0.2) is 31.7 Å². The van der Waals surface area contributed by atoms with E-state index in [-0.39, 0.29) is 18.4 Å². The van der Waals surface area contributed by atoms with Crippen LogP contribution in [0.4, 0.5) is 5.69 Å². The first-order valence-electron chi connectivity index (χ1n) is 7.53. The van der Waals surface area contributed by atoms with E-state index in [2.05, 4.69) is 15.8 Å². The number of nitrogens with one attached hydrogen (secondary N) is 2. The first kappa shape index (κ1) is 18.0. The molecule has 2 rings (SSSR count). The average molecular weight is 341 g/mol. The van der Waals surface area contributed by atoms with Crippen LogP contribution in [0.2, 0.25) is 0 Å². The molecule has 0 unspecified atom stereocenters. The largest absolute Gasteiger partial charge is 0.497 e. The van der Waals surface area contributed by atoms with Crippen LogP contribution >= 0.6 is 0 Å². The van der Waals surface area contributed by atoms with Gasteiger partial charge in [-0.05, 0) is 42.0 Å². The Morgan fingerprint density at radius 2 is 1.68 bits per heavy atom. The number of nitrogens with zero attached hydrogens (tertiary/aromatic N) is 1. The van der Waals surface area contributed by atoms with Crippen molar-refractivity contribution < 1.29 is 19.1 Å². The van der Waals surface area contributed by atoms with Crippen LogP contribution in [-0.2, 0) is 9.59 Å². The van der Waals surface area contributed by atoms with Crippen molar-refractivity contribution in [3.63, 3.8) is 0 Å². The first-order valence-corrected chi connectivity index (χ1v) is 7.53. The zero-order valence-corrected chi connectivity index (χ0v) is 14.0. The predicted molar refractivity (Wildman–Crippen MR) is 95.0 cm³/mol. The fourth-order valence-corrected chi connectivity index (χ4v) is 1.89. The van der Waals surface area contributed by atoms with Gasteiger partial charge in [0, 0.05) is 12.6 Å². The maximum Gasteiger partial charge on any atom is 0.277 e. The molecule has 0 radical (unpaired) electrons. The van der Waals surface area contributed by atoms with Crippen molar-refractivity contribution in [3.8, 4) is 11.5 Å². The lowest BCUT2D eigenvalue weighted by atomic mass is 10.2. The molecule has 0 saturated heterocycles. The average Bonchev–Trinajstić information content (AvgIpc) is 2.61. The summed E-state index contributed by atoms with van der Waals surface area (Å²) in [6.07, 6.45) is 1.50. The molecule has 0 heterocycles. The number of anilines is 1. The molecule has 0 atom stereocenters.